The molecule has 0 heterocycles. The van der Waals surface area contributed by atoms with Crippen LogP contribution in [0.5, 0.6) is 5.75 Å². The molecule has 1 aromatic carbocycles. The Balaban J connectivity index is 2.11. The maximum atomic E-state index is 11.5. The number of aliphatic hydroxyl groups is 1. The van der Waals surface area contributed by atoms with E-state index in [0.29, 0.717) is 31.0 Å². The van der Waals surface area contributed by atoms with Gasteiger partial charge in [0.05, 0.1) is 18.6 Å². The number of esters is 1. The largest absolute Gasteiger partial charge is 0.489 e. The van der Waals surface area contributed by atoms with E-state index in [1.807, 2.05) is 6.07 Å². The highest BCUT2D eigenvalue weighted by molar-refractivity contribution is 5.69. The monoisotopic (exact) mass is 334 g/mol. The fraction of sp³-hybridized carbons (Fsp3) is 0.556. The van der Waals surface area contributed by atoms with Crippen molar-refractivity contribution >= 4 is 5.97 Å². The average Bonchev–Trinajstić information content (AvgIpc) is 2.61. The molecule has 6 nitrogen and oxygen atoms in total. The van der Waals surface area contributed by atoms with Crippen LogP contribution in [0.25, 0.3) is 0 Å². The third-order valence-corrected chi connectivity index (χ3v) is 3.34. The van der Waals surface area contributed by atoms with E-state index in [4.69, 9.17) is 14.7 Å². The van der Waals surface area contributed by atoms with Crippen molar-refractivity contribution in [1.82, 2.24) is 5.32 Å². The molecule has 0 aromatic heterocycles. The molecule has 1 atom stereocenters. The smallest absolute Gasteiger partial charge is 0.307 e. The zero-order valence-corrected chi connectivity index (χ0v) is 14.2. The third-order valence-electron chi connectivity index (χ3n) is 3.34. The number of hydrogen-bond donors (Lipinski definition) is 2. The van der Waals surface area contributed by atoms with E-state index in [1.54, 1.807) is 24.3 Å². The maximum Gasteiger partial charge on any atom is 0.307 e. The molecule has 0 aliphatic rings. The van der Waals surface area contributed by atoms with Crippen LogP contribution >= 0.6 is 0 Å². The second-order valence-corrected chi connectivity index (χ2v) is 5.45. The van der Waals surface area contributed by atoms with Crippen LogP contribution in [0.4, 0.5) is 0 Å². The Morgan fingerprint density at radius 1 is 1.38 bits per heavy atom. The molecule has 0 fully saturated rings. The number of nitrogens with zero attached hydrogens (tertiary/aromatic N) is 1. The summed E-state index contributed by atoms with van der Waals surface area (Å²) in [4.78, 5) is 11.5. The molecule has 0 saturated carbocycles. The van der Waals surface area contributed by atoms with Gasteiger partial charge in [0.25, 0.3) is 0 Å². The molecule has 0 aliphatic heterocycles. The van der Waals surface area contributed by atoms with Crippen molar-refractivity contribution in [3.8, 4) is 11.8 Å². The van der Waals surface area contributed by atoms with Crippen LogP contribution in [0, 0.1) is 11.3 Å². The lowest BCUT2D eigenvalue weighted by Crippen LogP contribution is -2.32. The maximum absolute atomic E-state index is 11.5. The minimum Gasteiger partial charge on any atom is -0.489 e. The number of carbonyl (C=O) groups is 1. The quantitative estimate of drug-likeness (QED) is 0.449. The van der Waals surface area contributed by atoms with Crippen LogP contribution in [-0.4, -0.2) is 43.5 Å². The lowest BCUT2D eigenvalue weighted by atomic mass is 10.2. The zero-order chi connectivity index (χ0) is 17.6. The molecule has 0 spiro atoms. The summed E-state index contributed by atoms with van der Waals surface area (Å²) < 4.78 is 10.5. The first kappa shape index (κ1) is 19.9. The van der Waals surface area contributed by atoms with Crippen molar-refractivity contribution in [3.05, 3.63) is 29.8 Å². The first-order valence-corrected chi connectivity index (χ1v) is 8.33. The van der Waals surface area contributed by atoms with Crippen molar-refractivity contribution < 1.29 is 19.4 Å². The zero-order valence-electron chi connectivity index (χ0n) is 14.2. The number of nitriles is 1. The Labute approximate surface area is 143 Å². The molecular weight excluding hydrogens is 308 g/mol. The lowest BCUT2D eigenvalue weighted by molar-refractivity contribution is -0.143. The Kier molecular flexibility index (Phi) is 10.3. The molecule has 132 valence electrons. The highest BCUT2D eigenvalue weighted by atomic mass is 16.5. The van der Waals surface area contributed by atoms with E-state index in [2.05, 4.69) is 12.2 Å². The van der Waals surface area contributed by atoms with Gasteiger partial charge in [0.2, 0.25) is 0 Å². The Hall–Kier alpha value is -2.10. The molecule has 6 heteroatoms. The summed E-state index contributed by atoms with van der Waals surface area (Å²) in [5.74, 6) is 0.224. The van der Waals surface area contributed by atoms with Crippen molar-refractivity contribution in [2.24, 2.45) is 0 Å². The number of para-hydroxylation sites is 1. The van der Waals surface area contributed by atoms with Crippen LogP contribution in [0.3, 0.4) is 0 Å². The summed E-state index contributed by atoms with van der Waals surface area (Å²) in [6.45, 7) is 3.39. The van der Waals surface area contributed by atoms with Crippen LogP contribution in [-0.2, 0) is 9.53 Å². The van der Waals surface area contributed by atoms with Crippen LogP contribution in [0.1, 0.15) is 38.2 Å². The van der Waals surface area contributed by atoms with Crippen LogP contribution in [0.15, 0.2) is 24.3 Å². The van der Waals surface area contributed by atoms with E-state index < -0.39 is 6.10 Å². The minimum atomic E-state index is -0.725. The molecule has 0 radical (unpaired) electrons. The Bertz CT molecular complexity index is 528. The molecule has 1 unspecified atom stereocenters. The molecule has 0 bridgehead atoms. The van der Waals surface area contributed by atoms with Crippen LogP contribution < -0.4 is 10.1 Å². The molecule has 2 N–H and O–H groups in total. The summed E-state index contributed by atoms with van der Waals surface area (Å²) in [6.07, 6.45) is 2.61. The molecule has 1 rings (SSSR count). The van der Waals surface area contributed by atoms with Gasteiger partial charge in [-0.3, -0.25) is 4.79 Å². The number of hydrogen-bond acceptors (Lipinski definition) is 6. The van der Waals surface area contributed by atoms with Crippen molar-refractivity contribution in [1.29, 1.82) is 5.26 Å². The number of nitrogens with one attached hydrogen (secondary N) is 1. The minimum absolute atomic E-state index is 0.0765. The van der Waals surface area contributed by atoms with Gasteiger partial charge in [-0.25, -0.2) is 0 Å². The predicted octanol–water partition coefficient (Wildman–Crippen LogP) is 2.01. The van der Waals surface area contributed by atoms with Gasteiger partial charge < -0.3 is 19.9 Å². The van der Waals surface area contributed by atoms with E-state index in [1.165, 1.54) is 0 Å². The third kappa shape index (κ3) is 8.51. The Morgan fingerprint density at radius 3 is 2.92 bits per heavy atom. The highest BCUT2D eigenvalue weighted by Crippen LogP contribution is 2.16. The molecule has 24 heavy (non-hydrogen) atoms. The predicted molar refractivity (Wildman–Crippen MR) is 90.6 cm³/mol. The van der Waals surface area contributed by atoms with Gasteiger partial charge in [0.1, 0.15) is 24.5 Å². The number of rotatable bonds is 12. The summed E-state index contributed by atoms with van der Waals surface area (Å²) in [5.41, 5.74) is 0.434. The number of unbranched alkanes of at least 4 members (excludes halogenated alkanes) is 2. The van der Waals surface area contributed by atoms with Gasteiger partial charge in [-0.05, 0) is 18.6 Å². The summed E-state index contributed by atoms with van der Waals surface area (Å²) in [6, 6.07) is 8.91. The molecule has 0 aliphatic carbocycles. The molecule has 0 saturated heterocycles. The normalized spacial score (nSPS) is 11.5. The fourth-order valence-corrected chi connectivity index (χ4v) is 2.00. The SMILES string of the molecule is CCCCCOC(=O)CCNCC(O)COc1ccccc1C#N. The van der Waals surface area contributed by atoms with Crippen molar-refractivity contribution in [3.63, 3.8) is 0 Å². The van der Waals surface area contributed by atoms with Crippen molar-refractivity contribution in [2.75, 3.05) is 26.3 Å². The fourth-order valence-electron chi connectivity index (χ4n) is 2.00. The van der Waals surface area contributed by atoms with Gasteiger partial charge >= 0.3 is 5.97 Å². The second-order valence-electron chi connectivity index (χ2n) is 5.45. The summed E-state index contributed by atoms with van der Waals surface area (Å²) in [5, 5.41) is 21.8. The molecular formula is C18H26N2O4. The number of carbonyl (C=O) groups excluding carboxylic acids is 1. The van der Waals surface area contributed by atoms with E-state index in [0.717, 1.165) is 19.3 Å². The van der Waals surface area contributed by atoms with Gasteiger partial charge in [0, 0.05) is 13.1 Å². The second kappa shape index (κ2) is 12.3. The van der Waals surface area contributed by atoms with E-state index in [9.17, 15) is 9.90 Å². The lowest BCUT2D eigenvalue weighted by Gasteiger charge is -2.13. The van der Waals surface area contributed by atoms with Gasteiger partial charge in [-0.2, -0.15) is 5.26 Å². The standard InChI is InChI=1S/C18H26N2O4/c1-2-3-6-11-23-18(22)9-10-20-13-16(21)14-24-17-8-5-4-7-15(17)12-19/h4-5,7-8,16,20-21H,2-3,6,9-11,13-14H2,1H3. The van der Waals surface area contributed by atoms with Gasteiger partial charge in [-0.1, -0.05) is 31.9 Å². The summed E-state index contributed by atoms with van der Waals surface area (Å²) in [7, 11) is 0. The summed E-state index contributed by atoms with van der Waals surface area (Å²) >= 11 is 0. The van der Waals surface area contributed by atoms with Gasteiger partial charge in [-0.15, -0.1) is 0 Å². The highest BCUT2D eigenvalue weighted by Gasteiger charge is 2.08. The molecule has 1 aromatic rings. The van der Waals surface area contributed by atoms with Gasteiger partial charge in [0.15, 0.2) is 0 Å². The first-order valence-electron chi connectivity index (χ1n) is 8.33. The number of benzene rings is 1. The Morgan fingerprint density at radius 2 is 2.17 bits per heavy atom. The number of aliphatic hydroxyl groups excluding tert-OH is 1. The van der Waals surface area contributed by atoms with Crippen molar-refractivity contribution in [2.45, 2.75) is 38.7 Å². The van der Waals surface area contributed by atoms with Crippen LogP contribution in [0.2, 0.25) is 0 Å². The van der Waals surface area contributed by atoms with E-state index >= 15 is 0 Å². The topological polar surface area (TPSA) is 91.6 Å². The average molecular weight is 334 g/mol. The number of ether oxygens (including phenoxy) is 2. The molecule has 0 amide bonds. The van der Waals surface area contributed by atoms with E-state index in [-0.39, 0.29) is 19.0 Å². The first-order chi connectivity index (χ1) is 11.7.